The molecule has 2 heteroatoms. The number of methoxy groups -OCH3 is 2. The second-order valence-corrected chi connectivity index (χ2v) is 5.36. The molecular weight excluding hydrogens is 272 g/mol. The molecule has 0 fully saturated rings. The normalized spacial score (nSPS) is 16.4. The van der Waals surface area contributed by atoms with Gasteiger partial charge >= 0.3 is 0 Å². The summed E-state index contributed by atoms with van der Waals surface area (Å²) in [5.41, 5.74) is 4.88. The van der Waals surface area contributed by atoms with Crippen molar-refractivity contribution in [1.82, 2.24) is 0 Å². The third kappa shape index (κ3) is 2.76. The predicted octanol–water partition coefficient (Wildman–Crippen LogP) is 4.69. The first-order valence-electron chi connectivity index (χ1n) is 7.41. The third-order valence-corrected chi connectivity index (χ3v) is 4.13. The van der Waals surface area contributed by atoms with E-state index < -0.39 is 5.79 Å². The van der Waals surface area contributed by atoms with Crippen molar-refractivity contribution in [2.75, 3.05) is 14.2 Å². The minimum absolute atomic E-state index is 0.673. The fraction of sp³-hybridized carbons (Fsp3) is 0.200. The van der Waals surface area contributed by atoms with E-state index in [-0.39, 0.29) is 0 Å². The molecule has 0 aliphatic heterocycles. The van der Waals surface area contributed by atoms with E-state index >= 15 is 0 Å². The van der Waals surface area contributed by atoms with Gasteiger partial charge in [-0.1, -0.05) is 66.7 Å². The Morgan fingerprint density at radius 2 is 1.45 bits per heavy atom. The van der Waals surface area contributed by atoms with E-state index in [9.17, 15) is 0 Å². The lowest BCUT2D eigenvalue weighted by Crippen LogP contribution is -2.32. The minimum Gasteiger partial charge on any atom is -0.349 e. The molecule has 1 aliphatic carbocycles. The van der Waals surface area contributed by atoms with Crippen LogP contribution in [-0.4, -0.2) is 20.0 Å². The predicted molar refractivity (Wildman–Crippen MR) is 90.4 cm³/mol. The van der Waals surface area contributed by atoms with E-state index in [1.54, 1.807) is 14.2 Å². The summed E-state index contributed by atoms with van der Waals surface area (Å²) in [6, 6.07) is 18.9. The number of benzene rings is 2. The van der Waals surface area contributed by atoms with Gasteiger partial charge in [-0.25, -0.2) is 0 Å². The monoisotopic (exact) mass is 292 g/mol. The van der Waals surface area contributed by atoms with Crippen molar-refractivity contribution in [3.63, 3.8) is 0 Å². The van der Waals surface area contributed by atoms with Gasteiger partial charge in [0.2, 0.25) is 0 Å². The summed E-state index contributed by atoms with van der Waals surface area (Å²) in [6.07, 6.45) is 6.80. The topological polar surface area (TPSA) is 18.5 Å². The van der Waals surface area contributed by atoms with E-state index in [1.165, 1.54) is 22.3 Å². The molecule has 0 aromatic heterocycles. The molecule has 0 heterocycles. The Labute approximate surface area is 131 Å². The molecule has 22 heavy (non-hydrogen) atoms. The summed E-state index contributed by atoms with van der Waals surface area (Å²) in [5, 5.41) is 0. The number of ether oxygens (including phenoxy) is 2. The van der Waals surface area contributed by atoms with Crippen LogP contribution in [0.3, 0.4) is 0 Å². The van der Waals surface area contributed by atoms with Gasteiger partial charge in [-0.15, -0.1) is 0 Å². The van der Waals surface area contributed by atoms with E-state index in [0.717, 1.165) is 0 Å². The third-order valence-electron chi connectivity index (χ3n) is 4.13. The highest BCUT2D eigenvalue weighted by molar-refractivity contribution is 5.82. The first-order valence-corrected chi connectivity index (χ1v) is 7.41. The maximum Gasteiger partial charge on any atom is 0.191 e. The lowest BCUT2D eigenvalue weighted by atomic mass is 9.88. The van der Waals surface area contributed by atoms with Crippen molar-refractivity contribution in [3.8, 4) is 11.1 Å². The van der Waals surface area contributed by atoms with E-state index in [4.69, 9.17) is 9.47 Å². The molecule has 0 atom stereocenters. The lowest BCUT2D eigenvalue weighted by Gasteiger charge is -2.31. The molecule has 0 radical (unpaired) electrons. The molecule has 0 saturated heterocycles. The SMILES string of the molecule is COC1(OC)C=CC=C(c2ccccc2-c2ccccc2)C1. The van der Waals surface area contributed by atoms with Crippen LogP contribution in [0.2, 0.25) is 0 Å². The maximum atomic E-state index is 5.58. The summed E-state index contributed by atoms with van der Waals surface area (Å²) < 4.78 is 11.2. The van der Waals surface area contributed by atoms with E-state index in [0.29, 0.717) is 6.42 Å². The largest absolute Gasteiger partial charge is 0.349 e. The van der Waals surface area contributed by atoms with Crippen LogP contribution in [0.4, 0.5) is 0 Å². The maximum absolute atomic E-state index is 5.58. The van der Waals surface area contributed by atoms with Crippen LogP contribution in [0.5, 0.6) is 0 Å². The summed E-state index contributed by atoms with van der Waals surface area (Å²) >= 11 is 0. The molecular formula is C20H20O2. The Balaban J connectivity index is 2.03. The zero-order valence-electron chi connectivity index (χ0n) is 13.0. The van der Waals surface area contributed by atoms with Crippen LogP contribution >= 0.6 is 0 Å². The molecule has 1 aliphatic rings. The molecule has 112 valence electrons. The van der Waals surface area contributed by atoms with E-state index in [2.05, 4.69) is 54.6 Å². The summed E-state index contributed by atoms with van der Waals surface area (Å²) in [7, 11) is 3.36. The van der Waals surface area contributed by atoms with Crippen LogP contribution in [0, 0.1) is 0 Å². The molecule has 2 nitrogen and oxygen atoms in total. The molecule has 0 amide bonds. The zero-order chi connectivity index (χ0) is 15.4. The second kappa shape index (κ2) is 6.30. The number of hydrogen-bond donors (Lipinski definition) is 0. The smallest absolute Gasteiger partial charge is 0.191 e. The molecule has 3 rings (SSSR count). The summed E-state index contributed by atoms with van der Waals surface area (Å²) in [5.74, 6) is -0.673. The average Bonchev–Trinajstić information content (AvgIpc) is 2.62. The van der Waals surface area contributed by atoms with Crippen LogP contribution in [0.25, 0.3) is 16.7 Å². The number of rotatable bonds is 4. The van der Waals surface area contributed by atoms with Gasteiger partial charge in [0.1, 0.15) is 0 Å². The van der Waals surface area contributed by atoms with Crippen LogP contribution in [0.1, 0.15) is 12.0 Å². The lowest BCUT2D eigenvalue weighted by molar-refractivity contribution is -0.166. The van der Waals surface area contributed by atoms with E-state index in [1.807, 2.05) is 18.2 Å². The van der Waals surface area contributed by atoms with Crippen molar-refractivity contribution in [3.05, 3.63) is 78.4 Å². The quantitative estimate of drug-likeness (QED) is 0.761. The Bertz CT molecular complexity index is 695. The first kappa shape index (κ1) is 14.8. The van der Waals surface area contributed by atoms with Gasteiger partial charge in [0.15, 0.2) is 5.79 Å². The molecule has 0 saturated carbocycles. The molecule has 0 spiro atoms. The summed E-state index contributed by atoms with van der Waals surface area (Å²) in [6.45, 7) is 0. The van der Waals surface area contributed by atoms with Gasteiger partial charge in [0.05, 0.1) is 0 Å². The highest BCUT2D eigenvalue weighted by Gasteiger charge is 2.30. The van der Waals surface area contributed by atoms with Gasteiger partial charge in [-0.2, -0.15) is 0 Å². The Hall–Kier alpha value is -2.16. The van der Waals surface area contributed by atoms with Gasteiger partial charge in [0, 0.05) is 20.6 Å². The number of allylic oxidation sites excluding steroid dienone is 2. The van der Waals surface area contributed by atoms with Crippen molar-refractivity contribution in [1.29, 1.82) is 0 Å². The highest BCUT2D eigenvalue weighted by Crippen LogP contribution is 2.37. The fourth-order valence-corrected chi connectivity index (χ4v) is 2.88. The standard InChI is InChI=1S/C20H20O2/c1-21-20(22-2)14-8-11-17(15-20)19-13-7-6-12-18(19)16-9-4-3-5-10-16/h3-14H,15H2,1-2H3. The van der Waals surface area contributed by atoms with Crippen molar-refractivity contribution >= 4 is 5.57 Å². The Morgan fingerprint density at radius 1 is 0.818 bits per heavy atom. The molecule has 0 unspecified atom stereocenters. The summed E-state index contributed by atoms with van der Waals surface area (Å²) in [4.78, 5) is 0. The molecule has 2 aromatic rings. The molecule has 2 aromatic carbocycles. The molecule has 0 N–H and O–H groups in total. The Morgan fingerprint density at radius 3 is 2.14 bits per heavy atom. The van der Waals surface area contributed by atoms with Crippen LogP contribution < -0.4 is 0 Å². The zero-order valence-corrected chi connectivity index (χ0v) is 13.0. The average molecular weight is 292 g/mol. The van der Waals surface area contributed by atoms with Crippen molar-refractivity contribution < 1.29 is 9.47 Å². The van der Waals surface area contributed by atoms with Crippen molar-refractivity contribution in [2.24, 2.45) is 0 Å². The van der Waals surface area contributed by atoms with Crippen LogP contribution in [-0.2, 0) is 9.47 Å². The molecule has 0 bridgehead atoms. The van der Waals surface area contributed by atoms with Crippen molar-refractivity contribution in [2.45, 2.75) is 12.2 Å². The fourth-order valence-electron chi connectivity index (χ4n) is 2.88. The minimum atomic E-state index is -0.673. The van der Waals surface area contributed by atoms with Crippen LogP contribution in [0.15, 0.2) is 72.8 Å². The van der Waals surface area contributed by atoms with Gasteiger partial charge < -0.3 is 9.47 Å². The first-order chi connectivity index (χ1) is 10.8. The van der Waals surface area contributed by atoms with Gasteiger partial charge in [-0.05, 0) is 28.3 Å². The Kier molecular flexibility index (Phi) is 4.23. The highest BCUT2D eigenvalue weighted by atomic mass is 16.7. The van der Waals surface area contributed by atoms with Gasteiger partial charge in [-0.3, -0.25) is 0 Å². The van der Waals surface area contributed by atoms with Gasteiger partial charge in [0.25, 0.3) is 0 Å². The number of hydrogen-bond acceptors (Lipinski definition) is 2. The second-order valence-electron chi connectivity index (χ2n) is 5.36.